The van der Waals surface area contributed by atoms with Crippen LogP contribution in [0.1, 0.15) is 18.9 Å². The molecule has 0 N–H and O–H groups in total. The van der Waals surface area contributed by atoms with Crippen LogP contribution in [0.25, 0.3) is 0 Å². The van der Waals surface area contributed by atoms with Crippen LogP contribution in [0.3, 0.4) is 0 Å². The van der Waals surface area contributed by atoms with Gasteiger partial charge in [0.1, 0.15) is 0 Å². The minimum absolute atomic E-state index is 0.665. The fourth-order valence-electron chi connectivity index (χ4n) is 1.50. The first-order valence-electron chi connectivity index (χ1n) is 6.39. The predicted molar refractivity (Wildman–Crippen MR) is 88.3 cm³/mol. The fourth-order valence-corrected chi connectivity index (χ4v) is 4.08. The van der Waals surface area contributed by atoms with E-state index in [9.17, 15) is 4.79 Å². The van der Waals surface area contributed by atoms with Gasteiger partial charge in [0.25, 0.3) is 0 Å². The Morgan fingerprint density at radius 1 is 1.35 bits per heavy atom. The van der Waals surface area contributed by atoms with Crippen LogP contribution in [0.15, 0.2) is 40.9 Å². The van der Waals surface area contributed by atoms with Crippen LogP contribution in [0.2, 0.25) is 0 Å². The largest absolute Gasteiger partial charge is 0.384 e. The van der Waals surface area contributed by atoms with Crippen molar-refractivity contribution in [2.24, 2.45) is 0 Å². The molecule has 0 aromatic heterocycles. The summed E-state index contributed by atoms with van der Waals surface area (Å²) in [6, 6.07) is 10.4. The van der Waals surface area contributed by atoms with Gasteiger partial charge in [-0.1, -0.05) is 51.9 Å². The third kappa shape index (κ3) is 6.03. The van der Waals surface area contributed by atoms with Gasteiger partial charge in [-0.05, 0) is 12.5 Å². The van der Waals surface area contributed by atoms with Gasteiger partial charge in [0.05, 0.1) is 6.61 Å². The van der Waals surface area contributed by atoms with E-state index in [-0.39, 0.29) is 0 Å². The monoisotopic (exact) mass is 311 g/mol. The second-order valence-electron chi connectivity index (χ2n) is 4.30. The Hall–Kier alpha value is -0.910. The van der Waals surface area contributed by atoms with Crippen LogP contribution in [-0.4, -0.2) is 32.1 Å². The highest BCUT2D eigenvalue weighted by molar-refractivity contribution is 8.77. The summed E-state index contributed by atoms with van der Waals surface area (Å²) in [5.41, 5.74) is 2.29. The molecule has 0 aliphatic heterocycles. The molecule has 1 aromatic carbocycles. The maximum atomic E-state index is 10.9. The molecule has 0 unspecified atom stereocenters. The average Bonchev–Trinajstić information content (AvgIpc) is 2.50. The Bertz CT molecular complexity index is 435. The van der Waals surface area contributed by atoms with Crippen LogP contribution < -0.4 is 0 Å². The van der Waals surface area contributed by atoms with Gasteiger partial charge in [-0.25, -0.2) is 0 Å². The molecule has 0 aliphatic carbocycles. The van der Waals surface area contributed by atoms with Gasteiger partial charge in [-0.2, -0.15) is 0 Å². The lowest BCUT2D eigenvalue weighted by molar-refractivity contribution is -0.115. The lowest BCUT2D eigenvalue weighted by Crippen LogP contribution is -2.14. The molecule has 0 aliphatic rings. The van der Waals surface area contributed by atoms with Crippen molar-refractivity contribution < 1.29 is 9.53 Å². The number of hydrogen-bond donors (Lipinski definition) is 0. The molecule has 1 amide bonds. The van der Waals surface area contributed by atoms with Crippen molar-refractivity contribution in [3.05, 3.63) is 46.5 Å². The molecule has 0 radical (unpaired) electrons. The minimum atomic E-state index is 0.665. The number of carbonyl (C=O) groups excluding carboxylic acids is 1. The van der Waals surface area contributed by atoms with Crippen LogP contribution in [0, 0.1) is 0 Å². The molecule has 5 heteroatoms. The first-order valence-corrected chi connectivity index (χ1v) is 8.71. The van der Waals surface area contributed by atoms with E-state index in [2.05, 4.69) is 12.1 Å². The van der Waals surface area contributed by atoms with E-state index in [0.717, 1.165) is 24.3 Å². The number of nitrogens with zero attached hydrogens (tertiary/aromatic N) is 1. The molecule has 0 saturated carbocycles. The number of amides is 1. The van der Waals surface area contributed by atoms with Gasteiger partial charge >= 0.3 is 0 Å². The lowest BCUT2D eigenvalue weighted by Gasteiger charge is -2.17. The maximum Gasteiger partial charge on any atom is 0.213 e. The van der Waals surface area contributed by atoms with Crippen molar-refractivity contribution in [1.29, 1.82) is 0 Å². The summed E-state index contributed by atoms with van der Waals surface area (Å²) in [4.78, 5) is 13.7. The number of allylic oxidation sites excluding steroid dienone is 1. The molecule has 110 valence electrons. The van der Waals surface area contributed by atoms with Gasteiger partial charge in [0.2, 0.25) is 6.41 Å². The molecular formula is C15H21NO2S2. The predicted octanol–water partition coefficient (Wildman–Crippen LogP) is 3.92. The van der Waals surface area contributed by atoms with Gasteiger partial charge in [-0.15, -0.1) is 0 Å². The highest BCUT2D eigenvalue weighted by Gasteiger charge is 2.08. The highest BCUT2D eigenvalue weighted by atomic mass is 33.1. The van der Waals surface area contributed by atoms with E-state index in [1.807, 2.05) is 25.1 Å². The molecular weight excluding hydrogens is 290 g/mol. The van der Waals surface area contributed by atoms with Gasteiger partial charge in [-0.3, -0.25) is 4.79 Å². The van der Waals surface area contributed by atoms with Gasteiger partial charge in [0, 0.05) is 36.9 Å². The molecule has 0 bridgehead atoms. The van der Waals surface area contributed by atoms with E-state index < -0.39 is 0 Å². The van der Waals surface area contributed by atoms with E-state index in [4.69, 9.17) is 4.74 Å². The van der Waals surface area contributed by atoms with Crippen LogP contribution in [-0.2, 0) is 15.3 Å². The number of benzene rings is 1. The van der Waals surface area contributed by atoms with Crippen LogP contribution in [0.5, 0.6) is 0 Å². The number of hydrogen-bond acceptors (Lipinski definition) is 4. The van der Waals surface area contributed by atoms with E-state index in [1.54, 1.807) is 40.6 Å². The molecule has 0 spiro atoms. The van der Waals surface area contributed by atoms with Gasteiger partial charge < -0.3 is 9.64 Å². The number of carbonyl (C=O) groups is 1. The average molecular weight is 311 g/mol. The third-order valence-electron chi connectivity index (χ3n) is 2.85. The molecule has 0 fully saturated rings. The summed E-state index contributed by atoms with van der Waals surface area (Å²) in [6.45, 7) is 2.63. The summed E-state index contributed by atoms with van der Waals surface area (Å²) >= 11 is 0. The number of rotatable bonds is 9. The van der Waals surface area contributed by atoms with E-state index in [1.165, 1.54) is 10.5 Å². The molecule has 3 nitrogen and oxygen atoms in total. The Morgan fingerprint density at radius 2 is 2.05 bits per heavy atom. The van der Waals surface area contributed by atoms with E-state index >= 15 is 0 Å². The first kappa shape index (κ1) is 17.1. The summed E-state index contributed by atoms with van der Waals surface area (Å²) in [5, 5.41) is 0. The number of ether oxygens (including phenoxy) is 1. The Balaban J connectivity index is 2.58. The minimum Gasteiger partial charge on any atom is -0.384 e. The Kier molecular flexibility index (Phi) is 8.49. The Morgan fingerprint density at radius 3 is 2.65 bits per heavy atom. The summed E-state index contributed by atoms with van der Waals surface area (Å²) in [5.74, 6) is 0.945. The molecule has 20 heavy (non-hydrogen) atoms. The summed E-state index contributed by atoms with van der Waals surface area (Å²) in [7, 11) is 6.97. The van der Waals surface area contributed by atoms with Crippen molar-refractivity contribution in [3.63, 3.8) is 0 Å². The zero-order chi connectivity index (χ0) is 14.8. The molecule has 0 heterocycles. The van der Waals surface area contributed by atoms with Crippen LogP contribution >= 0.6 is 21.6 Å². The standard InChI is InChI=1S/C15H21NO2S2/c1-13(16(2)12-17)15(9-10-18-3)20-19-11-14-7-5-4-6-8-14/h4-8,12H,9-11H2,1-3H3/b15-13-. The first-order chi connectivity index (χ1) is 9.69. The topological polar surface area (TPSA) is 29.5 Å². The fraction of sp³-hybridized carbons (Fsp3) is 0.400. The van der Waals surface area contributed by atoms with Crippen molar-refractivity contribution >= 4 is 28.0 Å². The van der Waals surface area contributed by atoms with Crippen molar-refractivity contribution in [2.45, 2.75) is 19.1 Å². The maximum absolute atomic E-state index is 10.9. The number of methoxy groups -OCH3 is 1. The SMILES string of the molecule is COCC/C(SSCc1ccccc1)=C(\C)N(C)C=O. The summed E-state index contributed by atoms with van der Waals surface area (Å²) < 4.78 is 5.14. The van der Waals surface area contributed by atoms with E-state index in [0.29, 0.717) is 6.61 Å². The van der Waals surface area contributed by atoms with Crippen molar-refractivity contribution in [2.75, 3.05) is 20.8 Å². The van der Waals surface area contributed by atoms with Crippen molar-refractivity contribution in [1.82, 2.24) is 4.90 Å². The zero-order valence-corrected chi connectivity index (χ0v) is 13.8. The Labute approximate surface area is 129 Å². The third-order valence-corrected chi connectivity index (χ3v) is 5.43. The smallest absolute Gasteiger partial charge is 0.213 e. The molecule has 1 aromatic rings. The quantitative estimate of drug-likeness (QED) is 0.510. The van der Waals surface area contributed by atoms with Gasteiger partial charge in [0.15, 0.2) is 0 Å². The summed E-state index contributed by atoms with van der Waals surface area (Å²) in [6.07, 6.45) is 1.66. The van der Waals surface area contributed by atoms with Crippen LogP contribution in [0.4, 0.5) is 0 Å². The second kappa shape index (κ2) is 9.91. The lowest BCUT2D eigenvalue weighted by atomic mass is 10.2. The molecule has 0 atom stereocenters. The highest BCUT2D eigenvalue weighted by Crippen LogP contribution is 2.36. The molecule has 1 rings (SSSR count). The normalized spacial score (nSPS) is 11.9. The van der Waals surface area contributed by atoms with Crippen molar-refractivity contribution in [3.8, 4) is 0 Å². The zero-order valence-electron chi connectivity index (χ0n) is 12.2. The second-order valence-corrected chi connectivity index (χ2v) is 6.69. The molecule has 0 saturated heterocycles.